The van der Waals surface area contributed by atoms with E-state index < -0.39 is 30.4 Å². The fourth-order valence-electron chi connectivity index (χ4n) is 4.01. The average Bonchev–Trinajstić information content (AvgIpc) is 3.43. The zero-order valence-electron chi connectivity index (χ0n) is 19.3. The molecule has 12 nitrogen and oxygen atoms in total. The molecule has 5 heterocycles. The molecule has 1 amide bonds. The molecule has 13 heteroatoms. The summed E-state index contributed by atoms with van der Waals surface area (Å²) in [5, 5.41) is 27.2. The Balaban J connectivity index is 1.58. The first-order valence-corrected chi connectivity index (χ1v) is 11.5. The number of pyridine rings is 2. The number of aliphatic hydroxyl groups excluding tert-OH is 2. The first-order chi connectivity index (χ1) is 17.4. The Morgan fingerprint density at radius 2 is 2.03 bits per heavy atom. The van der Waals surface area contributed by atoms with Crippen molar-refractivity contribution in [2.24, 2.45) is 0 Å². The molecule has 1 aliphatic rings. The van der Waals surface area contributed by atoms with E-state index in [4.69, 9.17) is 16.3 Å². The van der Waals surface area contributed by atoms with Crippen LogP contribution >= 0.6 is 11.6 Å². The third-order valence-corrected chi connectivity index (χ3v) is 6.02. The summed E-state index contributed by atoms with van der Waals surface area (Å²) in [5.74, 6) is 0.157. The normalized spacial score (nSPS) is 21.6. The number of carbonyl (C=O) groups is 1. The van der Waals surface area contributed by atoms with Crippen molar-refractivity contribution in [1.29, 1.82) is 0 Å². The SMILES string of the molecule is CNC(=O)C1OC(n2cnc3c(NCc4cc(C)ccn4)nc(-c4cncc(Cl)c4)nc32)C(O)C1O. The number of aliphatic hydroxyl groups is 2. The van der Waals surface area contributed by atoms with Crippen LogP contribution in [-0.4, -0.2) is 71.0 Å². The second-order valence-corrected chi connectivity index (χ2v) is 8.77. The van der Waals surface area contributed by atoms with Crippen LogP contribution < -0.4 is 10.6 Å². The molecule has 4 N–H and O–H groups in total. The van der Waals surface area contributed by atoms with Gasteiger partial charge >= 0.3 is 0 Å². The molecule has 5 rings (SSSR count). The fourth-order valence-corrected chi connectivity index (χ4v) is 4.18. The highest BCUT2D eigenvalue weighted by molar-refractivity contribution is 6.30. The summed E-state index contributed by atoms with van der Waals surface area (Å²) in [7, 11) is 1.42. The number of ether oxygens (including phenoxy) is 1. The minimum Gasteiger partial charge on any atom is -0.387 e. The van der Waals surface area contributed by atoms with Crippen LogP contribution in [0.4, 0.5) is 5.82 Å². The molecule has 36 heavy (non-hydrogen) atoms. The number of carbonyl (C=O) groups excluding carboxylic acids is 1. The molecule has 0 radical (unpaired) electrons. The Bertz CT molecular complexity index is 1430. The Morgan fingerprint density at radius 1 is 1.19 bits per heavy atom. The summed E-state index contributed by atoms with van der Waals surface area (Å²) in [6.07, 6.45) is 1.02. The quantitative estimate of drug-likeness (QED) is 0.297. The largest absolute Gasteiger partial charge is 0.387 e. The number of amides is 1. The number of rotatable bonds is 6. The molecule has 1 fully saturated rings. The molecule has 4 atom stereocenters. The standard InChI is InChI=1S/C23H23ClN8O4/c1-11-3-4-27-14(5-11)9-28-20-15-21(31-19(30-20)12-6-13(24)8-26-7-12)32(10-29-15)23-17(34)16(33)18(36-23)22(35)25-2/h3-8,10,16-18,23,33-34H,9H2,1-2H3,(H,25,35)(H,28,30,31). The van der Waals surface area contributed by atoms with Crippen LogP contribution in [0.15, 0.2) is 43.1 Å². The van der Waals surface area contributed by atoms with Crippen LogP contribution in [0.5, 0.6) is 0 Å². The molecule has 4 unspecified atom stereocenters. The summed E-state index contributed by atoms with van der Waals surface area (Å²) in [6.45, 7) is 2.35. The predicted octanol–water partition coefficient (Wildman–Crippen LogP) is 1.22. The molecule has 0 bridgehead atoms. The third kappa shape index (κ3) is 4.46. The molecular weight excluding hydrogens is 488 g/mol. The highest BCUT2D eigenvalue weighted by atomic mass is 35.5. The van der Waals surface area contributed by atoms with Crippen molar-refractivity contribution >= 4 is 34.5 Å². The molecule has 186 valence electrons. The van der Waals surface area contributed by atoms with Crippen molar-refractivity contribution in [2.45, 2.75) is 38.0 Å². The number of hydrogen-bond acceptors (Lipinski definition) is 10. The number of aromatic nitrogens is 6. The maximum absolute atomic E-state index is 12.1. The van der Waals surface area contributed by atoms with E-state index in [1.165, 1.54) is 24.1 Å². The summed E-state index contributed by atoms with van der Waals surface area (Å²) in [5.41, 5.74) is 3.15. The number of anilines is 1. The van der Waals surface area contributed by atoms with E-state index in [0.29, 0.717) is 39.9 Å². The lowest BCUT2D eigenvalue weighted by Gasteiger charge is -2.17. The molecule has 0 aromatic carbocycles. The molecule has 0 aliphatic carbocycles. The van der Waals surface area contributed by atoms with E-state index in [-0.39, 0.29) is 0 Å². The lowest BCUT2D eigenvalue weighted by atomic mass is 10.1. The minimum atomic E-state index is -1.43. The van der Waals surface area contributed by atoms with Crippen molar-refractivity contribution < 1.29 is 19.7 Å². The van der Waals surface area contributed by atoms with Gasteiger partial charge in [-0.1, -0.05) is 11.6 Å². The fraction of sp³-hybridized carbons (Fsp3) is 0.304. The summed E-state index contributed by atoms with van der Waals surface area (Å²) in [4.78, 5) is 34.3. The van der Waals surface area contributed by atoms with E-state index in [2.05, 4.69) is 35.6 Å². The van der Waals surface area contributed by atoms with Crippen LogP contribution in [0.1, 0.15) is 17.5 Å². The number of nitrogens with one attached hydrogen (secondary N) is 2. The van der Waals surface area contributed by atoms with E-state index in [1.54, 1.807) is 18.5 Å². The summed E-state index contributed by atoms with van der Waals surface area (Å²) in [6, 6.07) is 5.54. The Morgan fingerprint density at radius 3 is 2.78 bits per heavy atom. The van der Waals surface area contributed by atoms with Crippen molar-refractivity contribution in [3.63, 3.8) is 0 Å². The Hall–Kier alpha value is -3.71. The number of likely N-dealkylation sites (N-methyl/N-ethyl adjacent to an activating group) is 1. The van der Waals surface area contributed by atoms with Gasteiger partial charge in [-0.25, -0.2) is 15.0 Å². The van der Waals surface area contributed by atoms with Gasteiger partial charge in [-0.3, -0.25) is 19.3 Å². The van der Waals surface area contributed by atoms with Gasteiger partial charge in [0.15, 0.2) is 35.1 Å². The lowest BCUT2D eigenvalue weighted by molar-refractivity contribution is -0.137. The molecule has 4 aromatic rings. The molecule has 0 spiro atoms. The van der Waals surface area contributed by atoms with Crippen LogP contribution in [0, 0.1) is 6.92 Å². The number of halogens is 1. The maximum atomic E-state index is 12.1. The van der Waals surface area contributed by atoms with Gasteiger partial charge in [0.2, 0.25) is 0 Å². The highest BCUT2D eigenvalue weighted by Crippen LogP contribution is 2.33. The van der Waals surface area contributed by atoms with Crippen molar-refractivity contribution in [2.75, 3.05) is 12.4 Å². The third-order valence-electron chi connectivity index (χ3n) is 5.81. The van der Waals surface area contributed by atoms with E-state index in [9.17, 15) is 15.0 Å². The molecule has 1 aliphatic heterocycles. The first kappa shape index (κ1) is 24.0. The van der Waals surface area contributed by atoms with Gasteiger partial charge < -0.3 is 25.6 Å². The van der Waals surface area contributed by atoms with Crippen molar-refractivity contribution in [3.05, 3.63) is 59.4 Å². The van der Waals surface area contributed by atoms with Gasteiger partial charge in [0, 0.05) is 31.2 Å². The maximum Gasteiger partial charge on any atom is 0.251 e. The average molecular weight is 511 g/mol. The second kappa shape index (κ2) is 9.74. The number of aryl methyl sites for hydroxylation is 1. The molecule has 4 aromatic heterocycles. The van der Waals surface area contributed by atoms with Gasteiger partial charge in [0.25, 0.3) is 5.91 Å². The van der Waals surface area contributed by atoms with Gasteiger partial charge in [0.05, 0.1) is 23.6 Å². The number of nitrogens with zero attached hydrogens (tertiary/aromatic N) is 6. The van der Waals surface area contributed by atoms with Crippen LogP contribution in [-0.2, 0) is 16.1 Å². The molecular formula is C23H23ClN8O4. The van der Waals surface area contributed by atoms with E-state index in [0.717, 1.165) is 11.3 Å². The summed E-state index contributed by atoms with van der Waals surface area (Å²) >= 11 is 6.14. The molecule has 1 saturated heterocycles. The molecule has 0 saturated carbocycles. The van der Waals surface area contributed by atoms with Gasteiger partial charge in [-0.05, 0) is 30.7 Å². The number of imidazole rings is 1. The highest BCUT2D eigenvalue weighted by Gasteiger charge is 2.47. The lowest BCUT2D eigenvalue weighted by Crippen LogP contribution is -2.41. The van der Waals surface area contributed by atoms with Gasteiger partial charge in [-0.2, -0.15) is 0 Å². The number of fused-ring (bicyclic) bond motifs is 1. The zero-order valence-corrected chi connectivity index (χ0v) is 20.1. The van der Waals surface area contributed by atoms with Crippen molar-refractivity contribution in [3.8, 4) is 11.4 Å². The predicted molar refractivity (Wildman–Crippen MR) is 130 cm³/mol. The first-order valence-electron chi connectivity index (χ1n) is 11.1. The zero-order chi connectivity index (χ0) is 25.4. The monoisotopic (exact) mass is 510 g/mol. The smallest absolute Gasteiger partial charge is 0.251 e. The van der Waals surface area contributed by atoms with Gasteiger partial charge in [0.1, 0.15) is 12.2 Å². The van der Waals surface area contributed by atoms with E-state index >= 15 is 0 Å². The van der Waals surface area contributed by atoms with E-state index in [1.807, 2.05) is 19.1 Å². The topological polar surface area (TPSA) is 160 Å². The van der Waals surface area contributed by atoms with Crippen molar-refractivity contribution in [1.82, 2.24) is 34.8 Å². The second-order valence-electron chi connectivity index (χ2n) is 8.33. The number of hydrogen-bond donors (Lipinski definition) is 4. The van der Waals surface area contributed by atoms with Crippen LogP contribution in [0.3, 0.4) is 0 Å². The minimum absolute atomic E-state index is 0.301. The Kier molecular flexibility index (Phi) is 6.49. The van der Waals surface area contributed by atoms with Crippen LogP contribution in [0.25, 0.3) is 22.6 Å². The van der Waals surface area contributed by atoms with Gasteiger partial charge in [-0.15, -0.1) is 0 Å². The Labute approximate surface area is 210 Å². The van der Waals surface area contributed by atoms with Crippen LogP contribution in [0.2, 0.25) is 5.02 Å². The summed E-state index contributed by atoms with van der Waals surface area (Å²) < 4.78 is 7.19.